The zero-order valence-electron chi connectivity index (χ0n) is 12.8. The van der Waals surface area contributed by atoms with E-state index in [1.165, 1.54) is 44.9 Å². The molecule has 3 rings (SSSR count). The van der Waals surface area contributed by atoms with Gasteiger partial charge in [0.15, 0.2) is 0 Å². The van der Waals surface area contributed by atoms with E-state index in [9.17, 15) is 0 Å². The van der Waals surface area contributed by atoms with Crippen molar-refractivity contribution in [2.45, 2.75) is 56.9 Å². The monoisotopic (exact) mass is 302 g/mol. The van der Waals surface area contributed by atoms with Crippen molar-refractivity contribution in [2.24, 2.45) is 5.73 Å². The molecule has 114 valence electrons. The van der Waals surface area contributed by atoms with Crippen LogP contribution in [0.2, 0.25) is 0 Å². The van der Waals surface area contributed by atoms with Crippen LogP contribution in [0.3, 0.4) is 0 Å². The van der Waals surface area contributed by atoms with Crippen LogP contribution in [0.25, 0.3) is 0 Å². The first-order valence-corrected chi connectivity index (χ1v) is 8.75. The van der Waals surface area contributed by atoms with Crippen LogP contribution in [0.5, 0.6) is 0 Å². The molecule has 1 aromatic rings. The van der Waals surface area contributed by atoms with Gasteiger partial charge in [0.1, 0.15) is 0 Å². The molecule has 2 aliphatic rings. The van der Waals surface area contributed by atoms with E-state index in [0.29, 0.717) is 16.9 Å². The maximum atomic E-state index is 5.85. The van der Waals surface area contributed by atoms with Gasteiger partial charge in [-0.2, -0.15) is 0 Å². The Kier molecular flexibility index (Phi) is 4.91. The molecule has 2 N–H and O–H groups in total. The molecule has 0 aliphatic heterocycles. The molecule has 1 aromatic carbocycles. The first-order chi connectivity index (χ1) is 10.2. The van der Waals surface area contributed by atoms with Crippen LogP contribution >= 0.6 is 12.2 Å². The summed E-state index contributed by atoms with van der Waals surface area (Å²) in [6.45, 7) is 1.91. The average Bonchev–Trinajstić information content (AvgIpc) is 3.01. The lowest BCUT2D eigenvalue weighted by Crippen LogP contribution is -2.42. The minimum atomic E-state index is 0.644. The SMILES string of the molecule is NC(=S)CN(CC1CCCc2ccccc21)C1CCCC1. The Hall–Kier alpha value is -0.930. The molecule has 0 spiro atoms. The highest BCUT2D eigenvalue weighted by atomic mass is 32.1. The van der Waals surface area contributed by atoms with Gasteiger partial charge in [-0.25, -0.2) is 0 Å². The fourth-order valence-electron chi connectivity index (χ4n) is 4.14. The minimum absolute atomic E-state index is 0.644. The molecule has 0 aromatic heterocycles. The van der Waals surface area contributed by atoms with Gasteiger partial charge in [0.05, 0.1) is 4.99 Å². The molecular formula is C18H26N2S. The van der Waals surface area contributed by atoms with E-state index in [0.717, 1.165) is 13.1 Å². The Bertz CT molecular complexity index is 494. The van der Waals surface area contributed by atoms with E-state index >= 15 is 0 Å². The second kappa shape index (κ2) is 6.89. The summed E-state index contributed by atoms with van der Waals surface area (Å²) in [6.07, 6.45) is 9.21. The quantitative estimate of drug-likeness (QED) is 0.842. The number of benzene rings is 1. The summed E-state index contributed by atoms with van der Waals surface area (Å²) in [7, 11) is 0. The van der Waals surface area contributed by atoms with Crippen molar-refractivity contribution in [3.8, 4) is 0 Å². The van der Waals surface area contributed by atoms with E-state index in [-0.39, 0.29) is 0 Å². The van der Waals surface area contributed by atoms with Crippen molar-refractivity contribution in [3.05, 3.63) is 35.4 Å². The fraction of sp³-hybridized carbons (Fsp3) is 0.611. The molecule has 0 saturated heterocycles. The number of hydrogen-bond acceptors (Lipinski definition) is 2. The fourth-order valence-corrected chi connectivity index (χ4v) is 4.31. The van der Waals surface area contributed by atoms with Gasteiger partial charge in [0.25, 0.3) is 0 Å². The molecule has 0 bridgehead atoms. The first-order valence-electron chi connectivity index (χ1n) is 8.34. The largest absolute Gasteiger partial charge is 0.392 e. The van der Waals surface area contributed by atoms with Crippen molar-refractivity contribution in [1.29, 1.82) is 0 Å². The van der Waals surface area contributed by atoms with Crippen molar-refractivity contribution in [3.63, 3.8) is 0 Å². The lowest BCUT2D eigenvalue weighted by molar-refractivity contribution is 0.207. The third-order valence-electron chi connectivity index (χ3n) is 5.15. The van der Waals surface area contributed by atoms with Crippen molar-refractivity contribution >= 4 is 17.2 Å². The van der Waals surface area contributed by atoms with Crippen LogP contribution < -0.4 is 5.73 Å². The Morgan fingerprint density at radius 3 is 2.67 bits per heavy atom. The molecule has 2 nitrogen and oxygen atoms in total. The van der Waals surface area contributed by atoms with E-state index in [1.807, 2.05) is 0 Å². The average molecular weight is 302 g/mol. The summed E-state index contributed by atoms with van der Waals surface area (Å²) in [6, 6.07) is 9.68. The molecule has 1 unspecified atom stereocenters. The lowest BCUT2D eigenvalue weighted by Gasteiger charge is -2.34. The zero-order chi connectivity index (χ0) is 14.7. The number of rotatable bonds is 5. The first kappa shape index (κ1) is 15.0. The van der Waals surface area contributed by atoms with Gasteiger partial charge in [-0.1, -0.05) is 49.3 Å². The second-order valence-corrected chi connectivity index (χ2v) is 7.15. The van der Waals surface area contributed by atoms with Crippen LogP contribution in [0, 0.1) is 0 Å². The Morgan fingerprint density at radius 1 is 1.14 bits per heavy atom. The van der Waals surface area contributed by atoms with Crippen molar-refractivity contribution in [1.82, 2.24) is 4.90 Å². The molecule has 0 heterocycles. The molecule has 1 fully saturated rings. The maximum absolute atomic E-state index is 5.85. The van der Waals surface area contributed by atoms with Gasteiger partial charge in [-0.05, 0) is 49.1 Å². The van der Waals surface area contributed by atoms with Crippen molar-refractivity contribution < 1.29 is 0 Å². The van der Waals surface area contributed by atoms with Crippen LogP contribution in [0.1, 0.15) is 55.6 Å². The number of nitrogens with two attached hydrogens (primary N) is 1. The summed E-state index contributed by atoms with van der Waals surface area (Å²) in [5, 5.41) is 0. The third kappa shape index (κ3) is 3.64. The number of aryl methyl sites for hydroxylation is 1. The highest BCUT2D eigenvalue weighted by molar-refractivity contribution is 7.80. The van der Waals surface area contributed by atoms with E-state index < -0.39 is 0 Å². The maximum Gasteiger partial charge on any atom is 0.0870 e. The van der Waals surface area contributed by atoms with E-state index in [2.05, 4.69) is 29.2 Å². The molecule has 3 heteroatoms. The predicted octanol–water partition coefficient (Wildman–Crippen LogP) is 3.64. The summed E-state index contributed by atoms with van der Waals surface area (Å²) in [4.78, 5) is 3.22. The normalized spacial score (nSPS) is 22.4. The molecule has 0 radical (unpaired) electrons. The van der Waals surface area contributed by atoms with Gasteiger partial charge in [0, 0.05) is 19.1 Å². The topological polar surface area (TPSA) is 29.3 Å². The van der Waals surface area contributed by atoms with Gasteiger partial charge < -0.3 is 5.73 Å². The lowest BCUT2D eigenvalue weighted by atomic mass is 9.82. The zero-order valence-corrected chi connectivity index (χ0v) is 13.6. The summed E-state index contributed by atoms with van der Waals surface area (Å²) in [5.41, 5.74) is 8.97. The van der Waals surface area contributed by atoms with Crippen molar-refractivity contribution in [2.75, 3.05) is 13.1 Å². The Balaban J connectivity index is 1.75. The summed E-state index contributed by atoms with van der Waals surface area (Å²) < 4.78 is 0. The molecular weight excluding hydrogens is 276 g/mol. The molecule has 0 amide bonds. The van der Waals surface area contributed by atoms with Gasteiger partial charge in [-0.3, -0.25) is 4.90 Å². The second-order valence-electron chi connectivity index (χ2n) is 6.62. The van der Waals surface area contributed by atoms with Gasteiger partial charge in [0.2, 0.25) is 0 Å². The number of hydrogen-bond donors (Lipinski definition) is 1. The van der Waals surface area contributed by atoms with Gasteiger partial charge in [-0.15, -0.1) is 0 Å². The smallest absolute Gasteiger partial charge is 0.0870 e. The van der Waals surface area contributed by atoms with Gasteiger partial charge >= 0.3 is 0 Å². The summed E-state index contributed by atoms with van der Waals surface area (Å²) in [5.74, 6) is 0.657. The third-order valence-corrected chi connectivity index (χ3v) is 5.28. The standard InChI is InChI=1S/C18H26N2S/c19-18(21)13-20(16-9-2-3-10-16)12-15-8-5-7-14-6-1-4-11-17(14)15/h1,4,6,11,15-16H,2-3,5,7-10,12-13H2,(H2,19,21). The molecule has 21 heavy (non-hydrogen) atoms. The molecule has 1 atom stereocenters. The minimum Gasteiger partial charge on any atom is -0.392 e. The highest BCUT2D eigenvalue weighted by Gasteiger charge is 2.28. The van der Waals surface area contributed by atoms with Crippen LogP contribution in [0.4, 0.5) is 0 Å². The van der Waals surface area contributed by atoms with E-state index in [1.54, 1.807) is 11.1 Å². The summed E-state index contributed by atoms with van der Waals surface area (Å²) >= 11 is 5.19. The number of nitrogens with zero attached hydrogens (tertiary/aromatic N) is 1. The molecule has 2 aliphatic carbocycles. The van der Waals surface area contributed by atoms with Crippen LogP contribution in [-0.2, 0) is 6.42 Å². The van der Waals surface area contributed by atoms with E-state index in [4.69, 9.17) is 18.0 Å². The predicted molar refractivity (Wildman–Crippen MR) is 92.7 cm³/mol. The van der Waals surface area contributed by atoms with Crippen LogP contribution in [0.15, 0.2) is 24.3 Å². The highest BCUT2D eigenvalue weighted by Crippen LogP contribution is 2.34. The molecule has 1 saturated carbocycles. The van der Waals surface area contributed by atoms with Crippen LogP contribution in [-0.4, -0.2) is 29.0 Å². The Labute approximate surface area is 133 Å². The number of fused-ring (bicyclic) bond motifs is 1. The number of thiocarbonyl (C=S) groups is 1. The Morgan fingerprint density at radius 2 is 1.90 bits per heavy atom.